The molecule has 3 aliphatic carbocycles. The van der Waals surface area contributed by atoms with Crippen molar-refractivity contribution in [3.8, 4) is 5.75 Å². The number of cyclic esters (lactones) is 1. The van der Waals surface area contributed by atoms with E-state index in [2.05, 4.69) is 20.8 Å². The Morgan fingerprint density at radius 1 is 1.13 bits per heavy atom. The van der Waals surface area contributed by atoms with Gasteiger partial charge in [0.05, 0.1) is 13.2 Å². The second kappa shape index (κ2) is 7.09. The van der Waals surface area contributed by atoms with Crippen molar-refractivity contribution in [2.24, 2.45) is 17.3 Å². The van der Waals surface area contributed by atoms with Crippen LogP contribution < -0.4 is 4.74 Å². The normalized spacial score (nSPS) is 46.8. The van der Waals surface area contributed by atoms with Gasteiger partial charge in [-0.15, -0.1) is 0 Å². The van der Waals surface area contributed by atoms with Crippen LogP contribution in [0.4, 0.5) is 0 Å². The third-order valence-electron chi connectivity index (χ3n) is 10.8. The van der Waals surface area contributed by atoms with Crippen LogP contribution in [0.5, 0.6) is 5.75 Å². The quantitative estimate of drug-likeness (QED) is 0.331. The highest BCUT2D eigenvalue weighted by Gasteiger charge is 3.01. The van der Waals surface area contributed by atoms with Gasteiger partial charge in [-0.1, -0.05) is 32.9 Å². The van der Waals surface area contributed by atoms with Gasteiger partial charge >= 0.3 is 11.9 Å². The number of epoxide rings is 3. The molecule has 8 rings (SSSR count). The molecule has 4 heterocycles. The number of benzene rings is 1. The summed E-state index contributed by atoms with van der Waals surface area (Å²) in [5.41, 5.74) is 0.584. The second-order valence-electron chi connectivity index (χ2n) is 12.4. The number of carbonyl (C=O) groups excluding carboxylic acids is 2. The molecule has 38 heavy (non-hydrogen) atoms. The van der Waals surface area contributed by atoms with Crippen LogP contribution >= 0.6 is 0 Å². The molecule has 1 aromatic carbocycles. The molecule has 9 atom stereocenters. The van der Waals surface area contributed by atoms with Gasteiger partial charge in [-0.25, -0.2) is 9.59 Å². The molecule has 0 bridgehead atoms. The van der Waals surface area contributed by atoms with Crippen molar-refractivity contribution in [1.29, 1.82) is 0 Å². The van der Waals surface area contributed by atoms with Gasteiger partial charge in [-0.05, 0) is 60.4 Å². The lowest BCUT2D eigenvalue weighted by Crippen LogP contribution is -2.70. The topological polar surface area (TPSA) is 99.4 Å². The predicted octanol–water partition coefficient (Wildman–Crippen LogP) is 3.38. The van der Waals surface area contributed by atoms with Gasteiger partial charge in [-0.3, -0.25) is 0 Å². The molecule has 0 amide bonds. The van der Waals surface area contributed by atoms with E-state index in [1.54, 1.807) is 13.2 Å². The van der Waals surface area contributed by atoms with E-state index in [9.17, 15) is 9.59 Å². The smallest absolute Gasteiger partial charge is 0.334 e. The number of hydrogen-bond donors (Lipinski definition) is 0. The molecule has 7 aliphatic rings. The van der Waals surface area contributed by atoms with Gasteiger partial charge in [0.2, 0.25) is 0 Å². The first kappa shape index (κ1) is 23.2. The Morgan fingerprint density at radius 3 is 2.66 bits per heavy atom. The van der Waals surface area contributed by atoms with Crippen molar-refractivity contribution in [3.63, 3.8) is 0 Å². The van der Waals surface area contributed by atoms with Crippen LogP contribution in [0.1, 0.15) is 45.6 Å². The monoisotopic (exact) mass is 520 g/mol. The minimum Gasteiger partial charge on any atom is -0.497 e. The van der Waals surface area contributed by atoms with Gasteiger partial charge < -0.3 is 28.4 Å². The molecule has 200 valence electrons. The van der Waals surface area contributed by atoms with E-state index >= 15 is 0 Å². The highest BCUT2D eigenvalue weighted by atomic mass is 16.8. The van der Waals surface area contributed by atoms with E-state index in [1.807, 2.05) is 24.3 Å². The lowest BCUT2D eigenvalue weighted by Gasteiger charge is -2.53. The van der Waals surface area contributed by atoms with Crippen LogP contribution in [0.25, 0.3) is 6.08 Å². The molecule has 4 aliphatic heterocycles. The second-order valence-corrected chi connectivity index (χ2v) is 12.4. The first-order chi connectivity index (χ1) is 18.2. The highest BCUT2D eigenvalue weighted by molar-refractivity contribution is 5.92. The SMILES string of the molecule is COc1ccc(/C=C/C(=O)O[C@@H]2[C@@]3(C(C)C)O[C@H]3[C@@H]3O[C@]34[C@]23O[C@H]3C[C@H]2C3=C(CC[C@@]24C)C(=O)OC3)cc1. The fourth-order valence-corrected chi connectivity index (χ4v) is 8.88. The average Bonchev–Trinajstić information content (AvgIpc) is 3.81. The number of carbonyl (C=O) groups is 2. The first-order valence-corrected chi connectivity index (χ1v) is 13.7. The molecule has 2 saturated carbocycles. The van der Waals surface area contributed by atoms with E-state index in [1.165, 1.54) is 6.08 Å². The van der Waals surface area contributed by atoms with E-state index < -0.39 is 28.9 Å². The van der Waals surface area contributed by atoms with Crippen LogP contribution in [0.15, 0.2) is 41.5 Å². The molecule has 0 N–H and O–H groups in total. The van der Waals surface area contributed by atoms with Gasteiger partial charge in [0.1, 0.15) is 35.8 Å². The van der Waals surface area contributed by atoms with E-state index in [-0.39, 0.29) is 41.5 Å². The van der Waals surface area contributed by atoms with E-state index in [0.29, 0.717) is 13.0 Å². The number of hydrogen-bond acceptors (Lipinski definition) is 8. The molecular weight excluding hydrogens is 488 g/mol. The minimum absolute atomic E-state index is 0.104. The number of esters is 2. The van der Waals surface area contributed by atoms with Crippen molar-refractivity contribution < 1.29 is 38.0 Å². The summed E-state index contributed by atoms with van der Waals surface area (Å²) in [7, 11) is 1.62. The summed E-state index contributed by atoms with van der Waals surface area (Å²) in [6.45, 7) is 6.87. The molecule has 2 spiro atoms. The summed E-state index contributed by atoms with van der Waals surface area (Å²) in [5, 5.41) is 0. The van der Waals surface area contributed by atoms with Crippen LogP contribution in [0, 0.1) is 17.3 Å². The zero-order valence-corrected chi connectivity index (χ0v) is 22.0. The Kier molecular flexibility index (Phi) is 4.33. The van der Waals surface area contributed by atoms with Crippen molar-refractivity contribution in [1.82, 2.24) is 0 Å². The van der Waals surface area contributed by atoms with Gasteiger partial charge in [0.25, 0.3) is 0 Å². The highest BCUT2D eigenvalue weighted by Crippen LogP contribution is 2.83. The molecule has 5 fully saturated rings. The molecule has 0 unspecified atom stereocenters. The van der Waals surface area contributed by atoms with Crippen molar-refractivity contribution in [2.45, 2.75) is 81.3 Å². The largest absolute Gasteiger partial charge is 0.497 e. The Labute approximate surface area is 221 Å². The summed E-state index contributed by atoms with van der Waals surface area (Å²) < 4.78 is 36.9. The van der Waals surface area contributed by atoms with Crippen molar-refractivity contribution >= 4 is 18.0 Å². The standard InChI is InChI=1S/C30H32O8/c1-15(2)28-23(37-28)24-30(38-24)27(3)12-11-18-19(14-34-25(18)32)20(27)13-21-29(30,36-21)26(28)35-22(31)10-7-16-5-8-17(33-4)9-6-16/h5-10,15,20-21,23-24,26H,11-14H2,1-4H3/b10-7+/t20-,21-,23-,24-,26+,27-,28-,29+,30+/m0/s1. The lowest BCUT2D eigenvalue weighted by molar-refractivity contribution is -0.163. The maximum Gasteiger partial charge on any atom is 0.334 e. The Hall–Kier alpha value is -2.68. The number of rotatable bonds is 5. The van der Waals surface area contributed by atoms with Crippen molar-refractivity contribution in [2.75, 3.05) is 13.7 Å². The van der Waals surface area contributed by atoms with Crippen LogP contribution in [-0.4, -0.2) is 66.9 Å². The zero-order chi connectivity index (χ0) is 26.2. The van der Waals surface area contributed by atoms with E-state index in [4.69, 9.17) is 28.4 Å². The fraction of sp³-hybridized carbons (Fsp3) is 0.600. The lowest BCUT2D eigenvalue weighted by atomic mass is 9.46. The maximum atomic E-state index is 13.3. The average molecular weight is 521 g/mol. The van der Waals surface area contributed by atoms with Crippen molar-refractivity contribution in [3.05, 3.63) is 47.1 Å². The van der Waals surface area contributed by atoms with Gasteiger partial charge in [0, 0.05) is 17.1 Å². The number of methoxy groups -OCH3 is 1. The summed E-state index contributed by atoms with van der Waals surface area (Å²) in [6, 6.07) is 7.48. The molecule has 1 aromatic rings. The minimum atomic E-state index is -0.745. The maximum absolute atomic E-state index is 13.3. The fourth-order valence-electron chi connectivity index (χ4n) is 8.88. The molecule has 0 radical (unpaired) electrons. The van der Waals surface area contributed by atoms with Crippen LogP contribution in [-0.2, 0) is 33.3 Å². The van der Waals surface area contributed by atoms with Crippen LogP contribution in [0.2, 0.25) is 0 Å². The first-order valence-electron chi connectivity index (χ1n) is 13.7. The summed E-state index contributed by atoms with van der Waals surface area (Å²) in [4.78, 5) is 25.7. The third kappa shape index (κ3) is 2.49. The Balaban J connectivity index is 1.14. The predicted molar refractivity (Wildman–Crippen MR) is 133 cm³/mol. The number of ether oxygens (including phenoxy) is 6. The summed E-state index contributed by atoms with van der Waals surface area (Å²) in [5.74, 6) is 0.411. The summed E-state index contributed by atoms with van der Waals surface area (Å²) in [6.07, 6.45) is 4.51. The third-order valence-corrected chi connectivity index (χ3v) is 10.8. The molecule has 3 saturated heterocycles. The molecular formula is C30H32O8. The molecule has 0 aromatic heterocycles. The Morgan fingerprint density at radius 2 is 1.92 bits per heavy atom. The van der Waals surface area contributed by atoms with Crippen LogP contribution in [0.3, 0.4) is 0 Å². The number of fused-ring (bicyclic) bond motifs is 4. The van der Waals surface area contributed by atoms with Gasteiger partial charge in [0.15, 0.2) is 11.7 Å². The molecule has 8 heteroatoms. The Bertz CT molecular complexity index is 1330. The van der Waals surface area contributed by atoms with E-state index in [0.717, 1.165) is 35.3 Å². The van der Waals surface area contributed by atoms with Gasteiger partial charge in [-0.2, -0.15) is 0 Å². The zero-order valence-electron chi connectivity index (χ0n) is 22.0. The summed E-state index contributed by atoms with van der Waals surface area (Å²) >= 11 is 0. The molecule has 8 nitrogen and oxygen atoms in total.